The Hall–Kier alpha value is -4.57. The third-order valence-corrected chi connectivity index (χ3v) is 16.9. The lowest BCUT2D eigenvalue weighted by Crippen LogP contribution is -2.40. The van der Waals surface area contributed by atoms with E-state index in [0.717, 1.165) is 109 Å². The smallest absolute Gasteiger partial charge is 0.361 e. The number of likely N-dealkylation sites (N-methyl/N-ethyl adjacent to an activating group) is 1. The highest BCUT2D eigenvalue weighted by molar-refractivity contribution is 5.71. The number of carboxylic acids is 1. The maximum Gasteiger partial charge on any atom is 0.361 e. The molecule has 9 nitrogen and oxygen atoms in total. The predicted octanol–water partition coefficient (Wildman–Crippen LogP) is 25.3. The lowest BCUT2D eigenvalue weighted by Gasteiger charge is -2.25. The van der Waals surface area contributed by atoms with Gasteiger partial charge in [-0.2, -0.15) is 0 Å². The monoisotopic (exact) mass is 1320 g/mol. The molecule has 0 saturated heterocycles. The first-order valence-electron chi connectivity index (χ1n) is 39.3. The lowest BCUT2D eigenvalue weighted by atomic mass is 10.0. The molecule has 0 aromatic heterocycles. The van der Waals surface area contributed by atoms with Crippen molar-refractivity contribution in [1.29, 1.82) is 0 Å². The third kappa shape index (κ3) is 76.7. The topological polar surface area (TPSA) is 108 Å². The number of ether oxygens (including phenoxy) is 4. The predicted molar refractivity (Wildman–Crippen MR) is 410 cm³/mol. The molecular formula is C86H148NO8+. The van der Waals surface area contributed by atoms with E-state index in [0.29, 0.717) is 23.9 Å². The Morgan fingerprint density at radius 1 is 0.326 bits per heavy atom. The number of esters is 2. The fourth-order valence-electron chi connectivity index (χ4n) is 10.9. The summed E-state index contributed by atoms with van der Waals surface area (Å²) in [6.07, 6.45) is 106. The summed E-state index contributed by atoms with van der Waals surface area (Å²) >= 11 is 0. The highest BCUT2D eigenvalue weighted by Crippen LogP contribution is 2.18. The number of rotatable bonds is 72. The molecule has 0 bridgehead atoms. The molecular weight excluding hydrogens is 1170 g/mol. The van der Waals surface area contributed by atoms with Crippen LogP contribution in [0.2, 0.25) is 0 Å². The van der Waals surface area contributed by atoms with E-state index in [1.807, 2.05) is 21.1 Å². The van der Waals surface area contributed by atoms with Crippen LogP contribution >= 0.6 is 0 Å². The van der Waals surface area contributed by atoms with E-state index in [2.05, 4.69) is 148 Å². The molecule has 0 radical (unpaired) electrons. The van der Waals surface area contributed by atoms with Gasteiger partial charge in [0.05, 0.1) is 34.4 Å². The van der Waals surface area contributed by atoms with Crippen molar-refractivity contribution in [1.82, 2.24) is 0 Å². The number of unbranched alkanes of at least 4 members (excludes halogenated alkanes) is 35. The van der Waals surface area contributed by atoms with E-state index in [9.17, 15) is 19.5 Å². The average Bonchev–Trinajstić information content (AvgIpc) is 2.86. The first kappa shape index (κ1) is 90.4. The minimum Gasteiger partial charge on any atom is -0.477 e. The van der Waals surface area contributed by atoms with Gasteiger partial charge in [-0.15, -0.1) is 0 Å². The van der Waals surface area contributed by atoms with Crippen LogP contribution in [0.1, 0.15) is 335 Å². The fraction of sp³-hybridized carbons (Fsp3) is 0.709. The summed E-state index contributed by atoms with van der Waals surface area (Å²) in [4.78, 5) is 37.7. The van der Waals surface area contributed by atoms with Crippen molar-refractivity contribution in [3.05, 3.63) is 134 Å². The van der Waals surface area contributed by atoms with Gasteiger partial charge in [0.15, 0.2) is 6.10 Å². The highest BCUT2D eigenvalue weighted by atomic mass is 16.7. The summed E-state index contributed by atoms with van der Waals surface area (Å²) in [5.41, 5.74) is 0. The highest BCUT2D eigenvalue weighted by Gasteiger charge is 2.25. The Morgan fingerprint density at radius 3 is 0.895 bits per heavy atom. The van der Waals surface area contributed by atoms with Crippen LogP contribution < -0.4 is 0 Å². The standard InChI is InChI=1S/C86H147NO8/c1-6-8-10-12-14-16-18-20-22-24-26-28-30-32-34-36-37-38-39-40-41-42-43-44-45-46-47-49-50-52-54-56-58-60-62-64-66-68-70-72-74-76-83(88)93-80-82(81-94-86(85(90)91)92-79-78-87(3,4)5)95-84(89)77-75-73-71-69-67-65-63-61-59-57-55-53-51-48-35-33-31-29-27-25-23-21-19-17-15-13-11-9-7-2/h9,11,15,17-18,20-21,23-24,26-27,29-30,32-33,35,51,53,57,59,63,65,82,86H,6-8,10,12-14,16,19,22,25,28,31,34,36-50,52,54-56,58,60-62,64,66-81H2,1-5H3/p+1/b11-9-,17-15-,20-18-,23-21-,26-24-,29-27-,32-30-,35-33-,53-51-,59-57-,65-63-. The van der Waals surface area contributed by atoms with Crippen LogP contribution in [-0.4, -0.2) is 87.4 Å². The average molecular weight is 1320 g/mol. The number of hydrogen-bond acceptors (Lipinski definition) is 7. The van der Waals surface area contributed by atoms with Gasteiger partial charge in [-0.05, 0) is 116 Å². The largest absolute Gasteiger partial charge is 0.477 e. The van der Waals surface area contributed by atoms with Crippen molar-refractivity contribution >= 4 is 17.9 Å². The first-order chi connectivity index (χ1) is 46.6. The van der Waals surface area contributed by atoms with Gasteiger partial charge in [0.25, 0.3) is 6.29 Å². The Labute approximate surface area is 586 Å². The maximum atomic E-state index is 13.0. The van der Waals surface area contributed by atoms with Crippen molar-refractivity contribution in [2.45, 2.75) is 347 Å². The summed E-state index contributed by atoms with van der Waals surface area (Å²) < 4.78 is 23.0. The van der Waals surface area contributed by atoms with Crippen molar-refractivity contribution in [2.75, 3.05) is 47.5 Å². The Morgan fingerprint density at radius 2 is 0.600 bits per heavy atom. The molecule has 0 heterocycles. The van der Waals surface area contributed by atoms with Crippen molar-refractivity contribution in [3.63, 3.8) is 0 Å². The second kappa shape index (κ2) is 75.2. The molecule has 0 fully saturated rings. The molecule has 0 aromatic carbocycles. The van der Waals surface area contributed by atoms with Gasteiger partial charge < -0.3 is 28.5 Å². The van der Waals surface area contributed by atoms with Crippen LogP contribution in [0.15, 0.2) is 134 Å². The summed E-state index contributed by atoms with van der Waals surface area (Å²) in [6, 6.07) is 0. The summed E-state index contributed by atoms with van der Waals surface area (Å²) in [7, 11) is 5.97. The molecule has 0 rings (SSSR count). The van der Waals surface area contributed by atoms with E-state index >= 15 is 0 Å². The van der Waals surface area contributed by atoms with Gasteiger partial charge >= 0.3 is 17.9 Å². The molecule has 1 N–H and O–H groups in total. The molecule has 2 atom stereocenters. The zero-order valence-corrected chi connectivity index (χ0v) is 62.3. The van der Waals surface area contributed by atoms with Gasteiger partial charge in [0.2, 0.25) is 0 Å². The Balaban J connectivity index is 4.05. The maximum absolute atomic E-state index is 13.0. The summed E-state index contributed by atoms with van der Waals surface area (Å²) in [6.45, 7) is 4.74. The Kier molecular flexibility index (Phi) is 71.6. The van der Waals surface area contributed by atoms with Crippen LogP contribution in [-0.2, 0) is 33.3 Å². The molecule has 0 saturated carbocycles. The number of carbonyl (C=O) groups excluding carboxylic acids is 2. The molecule has 0 aliphatic carbocycles. The third-order valence-electron chi connectivity index (χ3n) is 16.9. The van der Waals surface area contributed by atoms with Gasteiger partial charge in [0.1, 0.15) is 13.2 Å². The van der Waals surface area contributed by atoms with Crippen molar-refractivity contribution < 1.29 is 42.9 Å². The SMILES string of the molecule is CC/C=C\C/C=C\C/C=C\C/C=C\C/C=C\C/C=C\C/C=C\C/C=C\CCCCCCC(=O)OC(COC(=O)CCCCCCCCCCCCCCCCCCCCCCCCCCCC/C=C\C/C=C\C/C=C\CCCCCCC)COC(OCC[N+](C)(C)C)C(=O)O. The van der Waals surface area contributed by atoms with Crippen LogP contribution in [0.4, 0.5) is 0 Å². The fourth-order valence-corrected chi connectivity index (χ4v) is 10.9. The number of nitrogens with zero attached hydrogens (tertiary/aromatic N) is 1. The minimum absolute atomic E-state index is 0.177. The molecule has 0 amide bonds. The van der Waals surface area contributed by atoms with Gasteiger partial charge in [-0.1, -0.05) is 340 Å². The van der Waals surface area contributed by atoms with Crippen molar-refractivity contribution in [2.24, 2.45) is 0 Å². The second-order valence-corrected chi connectivity index (χ2v) is 27.3. The molecule has 544 valence electrons. The lowest BCUT2D eigenvalue weighted by molar-refractivity contribution is -0.870. The molecule has 0 aliphatic heterocycles. The van der Waals surface area contributed by atoms with E-state index < -0.39 is 24.3 Å². The molecule has 0 spiro atoms. The second-order valence-electron chi connectivity index (χ2n) is 27.3. The van der Waals surface area contributed by atoms with Crippen LogP contribution in [0, 0.1) is 0 Å². The van der Waals surface area contributed by atoms with E-state index in [1.54, 1.807) is 0 Å². The zero-order valence-electron chi connectivity index (χ0n) is 62.3. The number of hydrogen-bond donors (Lipinski definition) is 1. The van der Waals surface area contributed by atoms with E-state index in [-0.39, 0.29) is 32.2 Å². The summed E-state index contributed by atoms with van der Waals surface area (Å²) in [5.74, 6) is -2.04. The van der Waals surface area contributed by atoms with E-state index in [4.69, 9.17) is 18.9 Å². The van der Waals surface area contributed by atoms with Crippen LogP contribution in [0.5, 0.6) is 0 Å². The molecule has 0 aliphatic rings. The Bertz CT molecular complexity index is 2030. The first-order valence-corrected chi connectivity index (χ1v) is 39.3. The molecule has 0 aromatic rings. The molecule has 95 heavy (non-hydrogen) atoms. The van der Waals surface area contributed by atoms with Gasteiger partial charge in [0, 0.05) is 12.8 Å². The van der Waals surface area contributed by atoms with Crippen LogP contribution in [0.3, 0.4) is 0 Å². The molecule has 2 unspecified atom stereocenters. The number of quaternary nitrogens is 1. The number of allylic oxidation sites excluding steroid dienone is 22. The van der Waals surface area contributed by atoms with E-state index in [1.165, 1.54) is 193 Å². The minimum atomic E-state index is -1.53. The van der Waals surface area contributed by atoms with Gasteiger partial charge in [-0.25, -0.2) is 4.79 Å². The summed E-state index contributed by atoms with van der Waals surface area (Å²) in [5, 5.41) is 9.76. The number of carbonyl (C=O) groups is 3. The van der Waals surface area contributed by atoms with Crippen molar-refractivity contribution in [3.8, 4) is 0 Å². The molecule has 9 heteroatoms. The van der Waals surface area contributed by atoms with Gasteiger partial charge in [-0.3, -0.25) is 9.59 Å². The quantitative estimate of drug-likeness (QED) is 0.0211. The van der Waals surface area contributed by atoms with Crippen LogP contribution in [0.25, 0.3) is 0 Å². The zero-order chi connectivity index (χ0) is 69.0. The normalized spacial score (nSPS) is 13.4. The number of aliphatic carboxylic acids is 1. The number of carboxylic acid groups (broad SMARTS) is 1.